The first-order valence-electron chi connectivity index (χ1n) is 4.61. The first kappa shape index (κ1) is 10.2. The molecule has 2 aromatic rings. The van der Waals surface area contributed by atoms with Gasteiger partial charge in [-0.25, -0.2) is 9.97 Å². The van der Waals surface area contributed by atoms with Crippen LogP contribution in [0.15, 0.2) is 33.5 Å². The molecule has 0 fully saturated rings. The van der Waals surface area contributed by atoms with Gasteiger partial charge in [-0.1, -0.05) is 0 Å². The normalized spacial score (nSPS) is 10.3. The van der Waals surface area contributed by atoms with Crippen molar-refractivity contribution in [1.82, 2.24) is 9.97 Å². The van der Waals surface area contributed by atoms with Crippen molar-refractivity contribution >= 4 is 21.7 Å². The van der Waals surface area contributed by atoms with Gasteiger partial charge in [-0.05, 0) is 35.0 Å². The summed E-state index contributed by atoms with van der Waals surface area (Å²) in [6.45, 7) is 2.83. The monoisotopic (exact) mass is 267 g/mol. The summed E-state index contributed by atoms with van der Waals surface area (Å²) in [5.41, 5.74) is 0. The predicted octanol–water partition coefficient (Wildman–Crippen LogP) is 2.93. The lowest BCUT2D eigenvalue weighted by molar-refractivity contribution is 0.577. The summed E-state index contributed by atoms with van der Waals surface area (Å²) in [7, 11) is 0. The summed E-state index contributed by atoms with van der Waals surface area (Å²) in [5, 5.41) is 3.14. The van der Waals surface area contributed by atoms with Gasteiger partial charge in [0.2, 0.25) is 0 Å². The van der Waals surface area contributed by atoms with Gasteiger partial charge >= 0.3 is 0 Å². The Bertz CT molecular complexity index is 442. The molecule has 1 N–H and O–H groups in total. The fraction of sp³-hybridized carbons (Fsp3) is 0.200. The standard InChI is InChI=1S/C10H10BrN3O/c1-2-12-9-7(11)6-13-10(14-9)8-4-3-5-15-8/h3-6H,2H2,1H3,(H,12,13,14). The van der Waals surface area contributed by atoms with Crippen LogP contribution in [0.4, 0.5) is 5.82 Å². The Labute approximate surface area is 95.9 Å². The van der Waals surface area contributed by atoms with Crippen molar-refractivity contribution in [2.24, 2.45) is 0 Å². The molecule has 0 aliphatic carbocycles. The number of hydrogen-bond donors (Lipinski definition) is 1. The first-order valence-corrected chi connectivity index (χ1v) is 5.41. The van der Waals surface area contributed by atoms with E-state index in [4.69, 9.17) is 4.42 Å². The van der Waals surface area contributed by atoms with Crippen molar-refractivity contribution in [1.29, 1.82) is 0 Å². The fourth-order valence-corrected chi connectivity index (χ4v) is 1.51. The van der Waals surface area contributed by atoms with Crippen LogP contribution in [-0.2, 0) is 0 Å². The molecule has 2 heterocycles. The molecule has 0 aliphatic rings. The first-order chi connectivity index (χ1) is 7.31. The highest BCUT2D eigenvalue weighted by Gasteiger charge is 2.07. The van der Waals surface area contributed by atoms with Gasteiger partial charge in [0.1, 0.15) is 5.82 Å². The van der Waals surface area contributed by atoms with Gasteiger partial charge in [-0.15, -0.1) is 0 Å². The van der Waals surface area contributed by atoms with Gasteiger partial charge in [0.25, 0.3) is 0 Å². The minimum atomic E-state index is 0.583. The zero-order valence-corrected chi connectivity index (χ0v) is 9.78. The molecule has 0 saturated carbocycles. The quantitative estimate of drug-likeness (QED) is 0.929. The summed E-state index contributed by atoms with van der Waals surface area (Å²) in [6.07, 6.45) is 3.32. The minimum Gasteiger partial charge on any atom is -0.461 e. The summed E-state index contributed by atoms with van der Waals surface area (Å²) < 4.78 is 6.07. The van der Waals surface area contributed by atoms with Gasteiger partial charge in [0, 0.05) is 12.7 Å². The van der Waals surface area contributed by atoms with Crippen molar-refractivity contribution in [3.63, 3.8) is 0 Å². The lowest BCUT2D eigenvalue weighted by atomic mass is 10.4. The molecule has 0 atom stereocenters. The van der Waals surface area contributed by atoms with Crippen LogP contribution in [0.3, 0.4) is 0 Å². The third-order valence-electron chi connectivity index (χ3n) is 1.83. The van der Waals surface area contributed by atoms with E-state index in [2.05, 4.69) is 31.2 Å². The Morgan fingerprint density at radius 1 is 1.53 bits per heavy atom. The Morgan fingerprint density at radius 2 is 2.40 bits per heavy atom. The highest BCUT2D eigenvalue weighted by atomic mass is 79.9. The SMILES string of the molecule is CCNc1nc(-c2ccco2)ncc1Br. The smallest absolute Gasteiger partial charge is 0.197 e. The van der Waals surface area contributed by atoms with E-state index in [1.54, 1.807) is 12.5 Å². The zero-order chi connectivity index (χ0) is 10.7. The average Bonchev–Trinajstić information content (AvgIpc) is 2.75. The molecule has 0 saturated heterocycles. The van der Waals surface area contributed by atoms with E-state index in [1.165, 1.54) is 0 Å². The predicted molar refractivity (Wildman–Crippen MR) is 61.6 cm³/mol. The second-order valence-corrected chi connectivity index (χ2v) is 3.75. The summed E-state index contributed by atoms with van der Waals surface area (Å²) in [5.74, 6) is 2.03. The summed E-state index contributed by atoms with van der Waals surface area (Å²) >= 11 is 3.38. The van der Waals surface area contributed by atoms with Crippen LogP contribution in [0.5, 0.6) is 0 Å². The maximum absolute atomic E-state index is 5.22. The number of furan rings is 1. The molecule has 0 spiro atoms. The van der Waals surface area contributed by atoms with Gasteiger partial charge < -0.3 is 9.73 Å². The van der Waals surface area contributed by atoms with Crippen molar-refractivity contribution in [3.8, 4) is 11.6 Å². The van der Waals surface area contributed by atoms with Gasteiger partial charge in [-0.2, -0.15) is 0 Å². The Kier molecular flexibility index (Phi) is 3.01. The fourth-order valence-electron chi connectivity index (χ4n) is 1.18. The van der Waals surface area contributed by atoms with E-state index >= 15 is 0 Å². The lowest BCUT2D eigenvalue weighted by Gasteiger charge is -2.05. The molecule has 0 radical (unpaired) electrons. The van der Waals surface area contributed by atoms with Gasteiger partial charge in [0.05, 0.1) is 10.7 Å². The van der Waals surface area contributed by atoms with Crippen molar-refractivity contribution < 1.29 is 4.42 Å². The highest BCUT2D eigenvalue weighted by molar-refractivity contribution is 9.10. The van der Waals surface area contributed by atoms with Crippen LogP contribution in [0, 0.1) is 0 Å². The van der Waals surface area contributed by atoms with E-state index in [-0.39, 0.29) is 0 Å². The second kappa shape index (κ2) is 4.44. The van der Waals surface area contributed by atoms with Crippen molar-refractivity contribution in [2.45, 2.75) is 6.92 Å². The number of nitrogens with zero attached hydrogens (tertiary/aromatic N) is 2. The maximum atomic E-state index is 5.22. The van der Waals surface area contributed by atoms with Crippen LogP contribution in [-0.4, -0.2) is 16.5 Å². The van der Waals surface area contributed by atoms with E-state index in [0.29, 0.717) is 11.6 Å². The van der Waals surface area contributed by atoms with Crippen molar-refractivity contribution in [3.05, 3.63) is 29.1 Å². The third kappa shape index (κ3) is 2.18. The minimum absolute atomic E-state index is 0.583. The number of anilines is 1. The molecule has 0 amide bonds. The van der Waals surface area contributed by atoms with Crippen LogP contribution in [0.1, 0.15) is 6.92 Å². The number of rotatable bonds is 3. The van der Waals surface area contributed by atoms with E-state index < -0.39 is 0 Å². The summed E-state index contributed by atoms with van der Waals surface area (Å²) in [4.78, 5) is 8.51. The van der Waals surface area contributed by atoms with E-state index in [0.717, 1.165) is 16.8 Å². The van der Waals surface area contributed by atoms with Crippen LogP contribution >= 0.6 is 15.9 Å². The number of halogens is 1. The molecule has 4 nitrogen and oxygen atoms in total. The third-order valence-corrected chi connectivity index (χ3v) is 2.41. The summed E-state index contributed by atoms with van der Waals surface area (Å²) in [6, 6.07) is 3.65. The molecule has 15 heavy (non-hydrogen) atoms. The molecule has 0 unspecified atom stereocenters. The number of hydrogen-bond acceptors (Lipinski definition) is 4. The van der Waals surface area contributed by atoms with Crippen LogP contribution in [0.25, 0.3) is 11.6 Å². The molecule has 0 aliphatic heterocycles. The maximum Gasteiger partial charge on any atom is 0.197 e. The van der Waals surface area contributed by atoms with E-state index in [9.17, 15) is 0 Å². The van der Waals surface area contributed by atoms with Crippen LogP contribution < -0.4 is 5.32 Å². The Balaban J connectivity index is 2.38. The molecule has 5 heteroatoms. The van der Waals surface area contributed by atoms with Crippen LogP contribution in [0.2, 0.25) is 0 Å². The molecule has 2 rings (SSSR count). The Hall–Kier alpha value is -1.36. The molecule has 0 bridgehead atoms. The Morgan fingerprint density at radius 3 is 3.07 bits per heavy atom. The molecule has 78 valence electrons. The average molecular weight is 268 g/mol. The topological polar surface area (TPSA) is 51.0 Å². The van der Waals surface area contributed by atoms with Gasteiger partial charge in [-0.3, -0.25) is 0 Å². The second-order valence-electron chi connectivity index (χ2n) is 2.90. The highest BCUT2D eigenvalue weighted by Crippen LogP contribution is 2.23. The molecule has 2 aromatic heterocycles. The number of nitrogens with one attached hydrogen (secondary N) is 1. The van der Waals surface area contributed by atoms with Crippen molar-refractivity contribution in [2.75, 3.05) is 11.9 Å². The zero-order valence-electron chi connectivity index (χ0n) is 8.20. The lowest BCUT2D eigenvalue weighted by Crippen LogP contribution is -2.02. The number of aromatic nitrogens is 2. The molecule has 0 aromatic carbocycles. The molecular formula is C10H10BrN3O. The van der Waals surface area contributed by atoms with E-state index in [1.807, 2.05) is 19.1 Å². The molecular weight excluding hydrogens is 258 g/mol. The van der Waals surface area contributed by atoms with Gasteiger partial charge in [0.15, 0.2) is 11.6 Å². The largest absolute Gasteiger partial charge is 0.461 e.